The van der Waals surface area contributed by atoms with Gasteiger partial charge < -0.3 is 5.32 Å². The van der Waals surface area contributed by atoms with Crippen molar-refractivity contribution in [3.63, 3.8) is 0 Å². The molecule has 1 heterocycles. The molecule has 0 aliphatic heterocycles. The van der Waals surface area contributed by atoms with Gasteiger partial charge in [0.25, 0.3) is 0 Å². The summed E-state index contributed by atoms with van der Waals surface area (Å²) < 4.78 is 77.3. The Morgan fingerprint density at radius 1 is 1.11 bits per heavy atom. The van der Waals surface area contributed by atoms with Crippen molar-refractivity contribution in [3.8, 4) is 0 Å². The monoisotopic (exact) mass is 407 g/mol. The third-order valence-corrected chi connectivity index (χ3v) is 4.48. The smallest absolute Gasteiger partial charge is 0.351 e. The number of carbonyl (C=O) groups excluding carboxylic acids is 1. The highest BCUT2D eigenvalue weighted by Gasteiger charge is 2.36. The van der Waals surface area contributed by atoms with Crippen LogP contribution in [0.25, 0.3) is 0 Å². The molecule has 27 heavy (non-hydrogen) atoms. The maximum absolute atomic E-state index is 12.9. The molecule has 0 aliphatic rings. The van der Waals surface area contributed by atoms with Gasteiger partial charge >= 0.3 is 12.4 Å². The minimum absolute atomic E-state index is 0.0528. The van der Waals surface area contributed by atoms with Gasteiger partial charge in [-0.2, -0.15) is 37.7 Å². The van der Waals surface area contributed by atoms with Crippen molar-refractivity contribution in [1.82, 2.24) is 5.32 Å². The van der Waals surface area contributed by atoms with Crippen LogP contribution in [-0.4, -0.2) is 5.91 Å². The Morgan fingerprint density at radius 2 is 1.70 bits per heavy atom. The van der Waals surface area contributed by atoms with E-state index in [4.69, 9.17) is 0 Å². The summed E-state index contributed by atoms with van der Waals surface area (Å²) in [4.78, 5) is 12.4. The van der Waals surface area contributed by atoms with Crippen molar-refractivity contribution in [2.75, 3.05) is 0 Å². The first kappa shape index (κ1) is 21.0. The largest absolute Gasteiger partial charge is 0.416 e. The Labute approximate surface area is 155 Å². The van der Waals surface area contributed by atoms with Gasteiger partial charge in [-0.1, -0.05) is 6.08 Å². The fourth-order valence-electron chi connectivity index (χ4n) is 2.47. The van der Waals surface area contributed by atoms with E-state index in [-0.39, 0.29) is 11.6 Å². The molecule has 0 bridgehead atoms. The van der Waals surface area contributed by atoms with E-state index < -0.39 is 41.8 Å². The molecular weight excluding hydrogens is 392 g/mol. The SMILES string of the molecule is C=CCC(C(=O)NCc1cc(C(F)(F)F)cc(C(F)(F)F)c1)c1ccsc1. The Morgan fingerprint density at radius 3 is 2.15 bits per heavy atom. The molecule has 0 radical (unpaired) electrons. The normalized spacial score (nSPS) is 13.3. The third-order valence-electron chi connectivity index (χ3n) is 3.78. The van der Waals surface area contributed by atoms with Crippen molar-refractivity contribution in [2.45, 2.75) is 31.2 Å². The number of alkyl halides is 6. The molecule has 2 rings (SSSR count). The minimum Gasteiger partial charge on any atom is -0.351 e. The maximum Gasteiger partial charge on any atom is 0.416 e. The second-order valence-corrected chi connectivity index (χ2v) is 6.55. The zero-order valence-electron chi connectivity index (χ0n) is 13.8. The molecule has 0 fully saturated rings. The molecule has 1 aromatic carbocycles. The summed E-state index contributed by atoms with van der Waals surface area (Å²) in [6.07, 6.45) is -8.04. The summed E-state index contributed by atoms with van der Waals surface area (Å²) >= 11 is 1.37. The molecule has 1 unspecified atom stereocenters. The second-order valence-electron chi connectivity index (χ2n) is 5.77. The fraction of sp³-hybridized carbons (Fsp3) is 0.278. The lowest BCUT2D eigenvalue weighted by Gasteiger charge is -2.17. The number of amides is 1. The zero-order chi connectivity index (χ0) is 20.2. The minimum atomic E-state index is -4.93. The molecule has 2 nitrogen and oxygen atoms in total. The number of rotatable bonds is 6. The summed E-state index contributed by atoms with van der Waals surface area (Å²) in [5, 5.41) is 5.93. The first-order valence-electron chi connectivity index (χ1n) is 7.71. The van der Waals surface area contributed by atoms with Crippen molar-refractivity contribution >= 4 is 17.2 Å². The molecule has 1 atom stereocenters. The number of carbonyl (C=O) groups is 1. The molecule has 0 saturated heterocycles. The molecule has 1 N–H and O–H groups in total. The number of hydrogen-bond donors (Lipinski definition) is 1. The highest BCUT2D eigenvalue weighted by molar-refractivity contribution is 7.08. The third kappa shape index (κ3) is 5.59. The maximum atomic E-state index is 12.9. The van der Waals surface area contributed by atoms with E-state index in [1.807, 2.05) is 0 Å². The lowest BCUT2D eigenvalue weighted by atomic mass is 9.97. The highest BCUT2D eigenvalue weighted by atomic mass is 32.1. The van der Waals surface area contributed by atoms with Gasteiger partial charge in [-0.3, -0.25) is 4.79 Å². The Hall–Kier alpha value is -2.29. The molecule has 0 spiro atoms. The van der Waals surface area contributed by atoms with Gasteiger partial charge in [0.2, 0.25) is 5.91 Å². The van der Waals surface area contributed by atoms with Crippen molar-refractivity contribution in [3.05, 3.63) is 69.9 Å². The van der Waals surface area contributed by atoms with E-state index in [1.165, 1.54) is 17.4 Å². The Balaban J connectivity index is 2.23. The van der Waals surface area contributed by atoms with Crippen LogP contribution in [0.5, 0.6) is 0 Å². The first-order valence-corrected chi connectivity index (χ1v) is 8.65. The average Bonchev–Trinajstić information content (AvgIpc) is 3.10. The zero-order valence-corrected chi connectivity index (χ0v) is 14.6. The van der Waals surface area contributed by atoms with Crippen LogP contribution in [0, 0.1) is 0 Å². The quantitative estimate of drug-likeness (QED) is 0.479. The second kappa shape index (κ2) is 8.16. The molecule has 2 aromatic rings. The number of hydrogen-bond acceptors (Lipinski definition) is 2. The standard InChI is InChI=1S/C18H15F6NOS/c1-2-3-15(12-4-5-27-10-12)16(26)25-9-11-6-13(17(19,20)21)8-14(7-11)18(22,23)24/h2,4-8,10,15H,1,3,9H2,(H,25,26). The van der Waals surface area contributed by atoms with E-state index in [0.29, 0.717) is 24.1 Å². The van der Waals surface area contributed by atoms with Crippen LogP contribution in [0.2, 0.25) is 0 Å². The van der Waals surface area contributed by atoms with Gasteiger partial charge in [0, 0.05) is 6.54 Å². The van der Waals surface area contributed by atoms with E-state index in [1.54, 1.807) is 16.8 Å². The van der Waals surface area contributed by atoms with Crippen molar-refractivity contribution in [1.29, 1.82) is 0 Å². The average molecular weight is 407 g/mol. The van der Waals surface area contributed by atoms with Crippen LogP contribution >= 0.6 is 11.3 Å². The van der Waals surface area contributed by atoms with E-state index in [9.17, 15) is 31.1 Å². The molecule has 0 saturated carbocycles. The van der Waals surface area contributed by atoms with Crippen LogP contribution in [0.3, 0.4) is 0 Å². The summed E-state index contributed by atoms with van der Waals surface area (Å²) in [6, 6.07) is 2.98. The molecule has 0 aliphatic carbocycles. The van der Waals surface area contributed by atoms with E-state index >= 15 is 0 Å². The van der Waals surface area contributed by atoms with Gasteiger partial charge in [0.1, 0.15) is 0 Å². The van der Waals surface area contributed by atoms with Crippen LogP contribution in [0.15, 0.2) is 47.7 Å². The first-order chi connectivity index (χ1) is 12.5. The topological polar surface area (TPSA) is 29.1 Å². The number of nitrogens with one attached hydrogen (secondary N) is 1. The van der Waals surface area contributed by atoms with Gasteiger partial charge in [-0.25, -0.2) is 0 Å². The molecule has 9 heteroatoms. The molecular formula is C18H15F6NOS. The number of thiophene rings is 1. The van der Waals surface area contributed by atoms with Gasteiger partial charge in [-0.15, -0.1) is 6.58 Å². The number of allylic oxidation sites excluding steroid dienone is 1. The van der Waals surface area contributed by atoms with Gasteiger partial charge in [0.15, 0.2) is 0 Å². The molecule has 1 amide bonds. The van der Waals surface area contributed by atoms with Crippen LogP contribution in [0.4, 0.5) is 26.3 Å². The van der Waals surface area contributed by atoms with Crippen molar-refractivity contribution in [2.24, 2.45) is 0 Å². The summed E-state index contributed by atoms with van der Waals surface area (Å²) in [5.41, 5.74) is -2.41. The van der Waals surface area contributed by atoms with E-state index in [0.717, 1.165) is 0 Å². The number of halogens is 6. The molecule has 146 valence electrons. The predicted molar refractivity (Wildman–Crippen MR) is 90.2 cm³/mol. The lowest BCUT2D eigenvalue weighted by molar-refractivity contribution is -0.143. The summed E-state index contributed by atoms with van der Waals surface area (Å²) in [5.74, 6) is -1.11. The van der Waals surface area contributed by atoms with Gasteiger partial charge in [0.05, 0.1) is 17.0 Å². The van der Waals surface area contributed by atoms with Gasteiger partial charge in [-0.05, 0) is 52.6 Å². The predicted octanol–water partition coefficient (Wildman–Crippen LogP) is 5.76. The highest BCUT2D eigenvalue weighted by Crippen LogP contribution is 2.36. The van der Waals surface area contributed by atoms with Crippen molar-refractivity contribution < 1.29 is 31.1 Å². The lowest BCUT2D eigenvalue weighted by Crippen LogP contribution is -2.29. The Bertz CT molecular complexity index is 763. The summed E-state index contributed by atoms with van der Waals surface area (Å²) in [7, 11) is 0. The van der Waals surface area contributed by atoms with E-state index in [2.05, 4.69) is 11.9 Å². The van der Waals surface area contributed by atoms with Crippen LogP contribution in [0.1, 0.15) is 34.6 Å². The summed E-state index contributed by atoms with van der Waals surface area (Å²) in [6.45, 7) is 3.11. The van der Waals surface area contributed by atoms with Crippen LogP contribution in [-0.2, 0) is 23.7 Å². The number of benzene rings is 1. The fourth-order valence-corrected chi connectivity index (χ4v) is 3.18. The Kier molecular flexibility index (Phi) is 6.35. The molecule has 1 aromatic heterocycles. The van der Waals surface area contributed by atoms with Crippen LogP contribution < -0.4 is 5.32 Å².